The van der Waals surface area contributed by atoms with Gasteiger partial charge in [-0.1, -0.05) is 12.2 Å². The van der Waals surface area contributed by atoms with Crippen LogP contribution >= 0.6 is 12.2 Å². The largest absolute Gasteiger partial charge is 0.392 e. The summed E-state index contributed by atoms with van der Waals surface area (Å²) in [5.74, 6) is -1.35. The Labute approximate surface area is 106 Å². The molecular formula is C10H18N4O2S. The molecule has 0 aliphatic heterocycles. The average Bonchev–Trinajstić information content (AvgIpc) is 3.09. The van der Waals surface area contributed by atoms with Gasteiger partial charge in [0.25, 0.3) is 0 Å². The van der Waals surface area contributed by atoms with Gasteiger partial charge in [0.05, 0.1) is 11.5 Å². The second-order valence-corrected chi connectivity index (χ2v) is 4.64. The van der Waals surface area contributed by atoms with E-state index in [0.717, 1.165) is 6.54 Å². The predicted molar refractivity (Wildman–Crippen MR) is 68.5 cm³/mol. The van der Waals surface area contributed by atoms with Crippen LogP contribution in [0.25, 0.3) is 0 Å². The summed E-state index contributed by atoms with van der Waals surface area (Å²) >= 11 is 4.58. The van der Waals surface area contributed by atoms with Crippen LogP contribution in [-0.2, 0) is 9.59 Å². The molecule has 0 unspecified atom stereocenters. The van der Waals surface area contributed by atoms with Crippen LogP contribution in [0.2, 0.25) is 0 Å². The van der Waals surface area contributed by atoms with E-state index in [9.17, 15) is 9.59 Å². The quantitative estimate of drug-likeness (QED) is 0.403. The molecule has 17 heavy (non-hydrogen) atoms. The summed E-state index contributed by atoms with van der Waals surface area (Å²) in [6, 6.07) is 0.648. The van der Waals surface area contributed by atoms with Crippen molar-refractivity contribution in [1.82, 2.24) is 15.5 Å². The second-order valence-electron chi connectivity index (χ2n) is 4.12. The molecule has 7 heteroatoms. The molecule has 1 fully saturated rings. The van der Waals surface area contributed by atoms with Crippen molar-refractivity contribution in [1.29, 1.82) is 0 Å². The van der Waals surface area contributed by atoms with E-state index in [2.05, 4.69) is 27.8 Å². The van der Waals surface area contributed by atoms with Crippen molar-refractivity contribution in [2.24, 2.45) is 5.73 Å². The number of hydrogen-bond acceptors (Lipinski definition) is 4. The van der Waals surface area contributed by atoms with Crippen molar-refractivity contribution >= 4 is 29.0 Å². The fourth-order valence-electron chi connectivity index (χ4n) is 1.37. The SMILES string of the molecule is CN(CCNC(=O)C(=O)NCC(N)=S)C1CC1. The second kappa shape index (κ2) is 6.51. The Morgan fingerprint density at radius 3 is 2.47 bits per heavy atom. The van der Waals surface area contributed by atoms with Crippen molar-refractivity contribution in [2.45, 2.75) is 18.9 Å². The van der Waals surface area contributed by atoms with Gasteiger partial charge in [-0.2, -0.15) is 0 Å². The number of likely N-dealkylation sites (N-methyl/N-ethyl adjacent to an activating group) is 1. The highest BCUT2D eigenvalue weighted by atomic mass is 32.1. The molecule has 0 atom stereocenters. The molecule has 1 aliphatic carbocycles. The Balaban J connectivity index is 2.10. The third kappa shape index (κ3) is 5.60. The summed E-state index contributed by atoms with van der Waals surface area (Å²) in [7, 11) is 2.01. The number of rotatable bonds is 6. The van der Waals surface area contributed by atoms with E-state index >= 15 is 0 Å². The number of carbonyl (C=O) groups is 2. The molecule has 0 aromatic carbocycles. The van der Waals surface area contributed by atoms with Crippen molar-refractivity contribution in [3.05, 3.63) is 0 Å². The highest BCUT2D eigenvalue weighted by Crippen LogP contribution is 2.24. The molecule has 1 saturated carbocycles. The number of nitrogens with two attached hydrogens (primary N) is 1. The lowest BCUT2D eigenvalue weighted by molar-refractivity contribution is -0.139. The molecule has 1 rings (SSSR count). The molecule has 0 bridgehead atoms. The van der Waals surface area contributed by atoms with E-state index in [1.54, 1.807) is 0 Å². The maximum absolute atomic E-state index is 11.3. The summed E-state index contributed by atoms with van der Waals surface area (Å²) in [6.45, 7) is 1.26. The standard InChI is InChI=1S/C10H18N4O2S/c1-14(7-2-3-7)5-4-12-9(15)10(16)13-6-8(11)17/h7H,2-6H2,1H3,(H2,11,17)(H,12,15)(H,13,16). The van der Waals surface area contributed by atoms with Crippen LogP contribution in [0.15, 0.2) is 0 Å². The van der Waals surface area contributed by atoms with Gasteiger partial charge in [-0.25, -0.2) is 0 Å². The van der Waals surface area contributed by atoms with Crippen molar-refractivity contribution in [3.8, 4) is 0 Å². The molecule has 0 heterocycles. The first-order valence-corrected chi connectivity index (χ1v) is 5.96. The van der Waals surface area contributed by atoms with Gasteiger partial charge in [0.15, 0.2) is 0 Å². The number of nitrogens with one attached hydrogen (secondary N) is 2. The Bertz CT molecular complexity index is 317. The molecule has 1 aliphatic rings. The Morgan fingerprint density at radius 2 is 1.94 bits per heavy atom. The van der Waals surface area contributed by atoms with Gasteiger partial charge in [-0.3, -0.25) is 9.59 Å². The van der Waals surface area contributed by atoms with Gasteiger partial charge in [0.1, 0.15) is 0 Å². The first-order valence-electron chi connectivity index (χ1n) is 5.55. The van der Waals surface area contributed by atoms with Crippen LogP contribution in [0.3, 0.4) is 0 Å². The van der Waals surface area contributed by atoms with Crippen molar-refractivity contribution < 1.29 is 9.59 Å². The van der Waals surface area contributed by atoms with Crippen LogP contribution < -0.4 is 16.4 Å². The zero-order valence-corrected chi connectivity index (χ0v) is 10.7. The maximum atomic E-state index is 11.3. The minimum absolute atomic E-state index is 0.0452. The highest BCUT2D eigenvalue weighted by Gasteiger charge is 2.25. The normalized spacial score (nSPS) is 14.5. The third-order valence-electron chi connectivity index (χ3n) is 2.55. The van der Waals surface area contributed by atoms with Gasteiger partial charge in [-0.15, -0.1) is 0 Å². The molecule has 6 nitrogen and oxygen atoms in total. The molecule has 96 valence electrons. The molecule has 0 aromatic rings. The molecule has 0 saturated heterocycles. The fourth-order valence-corrected chi connectivity index (χ4v) is 1.44. The Morgan fingerprint density at radius 1 is 1.35 bits per heavy atom. The lowest BCUT2D eigenvalue weighted by Crippen LogP contribution is -2.44. The zero-order chi connectivity index (χ0) is 12.8. The molecule has 2 amide bonds. The topological polar surface area (TPSA) is 87.5 Å². The van der Waals surface area contributed by atoms with Crippen LogP contribution in [0, 0.1) is 0 Å². The van der Waals surface area contributed by atoms with Gasteiger partial charge < -0.3 is 21.3 Å². The van der Waals surface area contributed by atoms with E-state index in [-0.39, 0.29) is 11.5 Å². The van der Waals surface area contributed by atoms with Crippen molar-refractivity contribution in [3.63, 3.8) is 0 Å². The fraction of sp³-hybridized carbons (Fsp3) is 0.700. The summed E-state index contributed by atoms with van der Waals surface area (Å²) < 4.78 is 0. The van der Waals surface area contributed by atoms with E-state index in [0.29, 0.717) is 12.6 Å². The average molecular weight is 258 g/mol. The first-order chi connectivity index (χ1) is 8.00. The highest BCUT2D eigenvalue weighted by molar-refractivity contribution is 7.80. The van der Waals surface area contributed by atoms with Gasteiger partial charge >= 0.3 is 11.8 Å². The molecule has 4 N–H and O–H groups in total. The number of hydrogen-bond donors (Lipinski definition) is 3. The minimum atomic E-state index is -0.702. The smallest absolute Gasteiger partial charge is 0.309 e. The lowest BCUT2D eigenvalue weighted by atomic mass is 10.4. The van der Waals surface area contributed by atoms with Crippen molar-refractivity contribution in [2.75, 3.05) is 26.7 Å². The zero-order valence-electron chi connectivity index (χ0n) is 9.86. The van der Waals surface area contributed by atoms with Crippen LogP contribution in [0.5, 0.6) is 0 Å². The number of thiocarbonyl (C=S) groups is 1. The van der Waals surface area contributed by atoms with E-state index in [4.69, 9.17) is 5.73 Å². The predicted octanol–water partition coefficient (Wildman–Crippen LogP) is -1.40. The molecule has 0 aromatic heterocycles. The van der Waals surface area contributed by atoms with E-state index in [1.165, 1.54) is 12.8 Å². The maximum Gasteiger partial charge on any atom is 0.309 e. The number of carbonyl (C=O) groups excluding carboxylic acids is 2. The minimum Gasteiger partial charge on any atom is -0.392 e. The van der Waals surface area contributed by atoms with E-state index in [1.807, 2.05) is 7.05 Å². The summed E-state index contributed by atoms with van der Waals surface area (Å²) in [4.78, 5) is 24.8. The summed E-state index contributed by atoms with van der Waals surface area (Å²) in [5, 5.41) is 4.87. The van der Waals surface area contributed by atoms with E-state index < -0.39 is 11.8 Å². The molecule has 0 spiro atoms. The lowest BCUT2D eigenvalue weighted by Gasteiger charge is -2.15. The van der Waals surface area contributed by atoms with Gasteiger partial charge in [0.2, 0.25) is 0 Å². The van der Waals surface area contributed by atoms with Gasteiger partial charge in [-0.05, 0) is 19.9 Å². The first kappa shape index (κ1) is 13.9. The molecule has 0 radical (unpaired) electrons. The molecular weight excluding hydrogens is 240 g/mol. The number of nitrogens with zero attached hydrogens (tertiary/aromatic N) is 1. The third-order valence-corrected chi connectivity index (χ3v) is 2.69. The monoisotopic (exact) mass is 258 g/mol. The number of amides is 2. The van der Waals surface area contributed by atoms with Crippen LogP contribution in [0.4, 0.5) is 0 Å². The van der Waals surface area contributed by atoms with Crippen LogP contribution in [-0.4, -0.2) is 54.4 Å². The Kier molecular flexibility index (Phi) is 5.30. The summed E-state index contributed by atoms with van der Waals surface area (Å²) in [6.07, 6.45) is 2.44. The Hall–Kier alpha value is -1.21. The van der Waals surface area contributed by atoms with Gasteiger partial charge in [0, 0.05) is 19.1 Å². The van der Waals surface area contributed by atoms with Crippen LogP contribution in [0.1, 0.15) is 12.8 Å². The summed E-state index contributed by atoms with van der Waals surface area (Å²) in [5.41, 5.74) is 5.20.